The number of likely N-dealkylation sites (N-methyl/N-ethyl adjacent to an activating group) is 2. The number of carbonyl (C=O) groups is 2. The molecule has 0 spiro atoms. The fourth-order valence-corrected chi connectivity index (χ4v) is 2.94. The van der Waals surface area contributed by atoms with Crippen LogP contribution < -0.4 is 10.2 Å². The second-order valence-corrected chi connectivity index (χ2v) is 6.39. The first kappa shape index (κ1) is 17.1. The minimum atomic E-state index is -0.541. The molecule has 23 heavy (non-hydrogen) atoms. The lowest BCUT2D eigenvalue weighted by molar-refractivity contribution is -0.130. The van der Waals surface area contributed by atoms with E-state index in [1.54, 1.807) is 25.9 Å². The van der Waals surface area contributed by atoms with Gasteiger partial charge >= 0.3 is 6.03 Å². The molecular formula is C17H26N4O2. The number of nitrogens with zero attached hydrogens (tertiary/aromatic N) is 3. The van der Waals surface area contributed by atoms with Crippen LogP contribution in [-0.4, -0.2) is 61.5 Å². The van der Waals surface area contributed by atoms with Crippen molar-refractivity contribution < 1.29 is 9.59 Å². The molecule has 6 nitrogen and oxygen atoms in total. The fraction of sp³-hybridized carbons (Fsp3) is 0.529. The highest BCUT2D eigenvalue weighted by Gasteiger charge is 2.28. The van der Waals surface area contributed by atoms with Crippen molar-refractivity contribution in [1.82, 2.24) is 15.1 Å². The van der Waals surface area contributed by atoms with Crippen LogP contribution in [0, 0.1) is 0 Å². The Balaban J connectivity index is 2.15. The van der Waals surface area contributed by atoms with Crippen molar-refractivity contribution in [3.05, 3.63) is 29.8 Å². The topological polar surface area (TPSA) is 55.9 Å². The van der Waals surface area contributed by atoms with Gasteiger partial charge in [0.1, 0.15) is 6.04 Å². The molecular weight excluding hydrogens is 292 g/mol. The number of anilines is 1. The average Bonchev–Trinajstić information content (AvgIpc) is 2.63. The van der Waals surface area contributed by atoms with Crippen molar-refractivity contribution in [2.75, 3.05) is 32.6 Å². The number of nitrogens with one attached hydrogen (secondary N) is 1. The molecule has 1 aromatic rings. The maximum Gasteiger partial charge on any atom is 0.318 e. The zero-order valence-electron chi connectivity index (χ0n) is 14.5. The van der Waals surface area contributed by atoms with Crippen molar-refractivity contribution >= 4 is 17.6 Å². The largest absolute Gasteiger partial charge is 0.372 e. The van der Waals surface area contributed by atoms with Crippen LogP contribution in [-0.2, 0) is 11.3 Å². The van der Waals surface area contributed by atoms with Crippen LogP contribution in [0.1, 0.15) is 19.4 Å². The number of carbonyl (C=O) groups excluding carboxylic acids is 2. The van der Waals surface area contributed by atoms with Gasteiger partial charge in [0.05, 0.1) is 0 Å². The van der Waals surface area contributed by atoms with E-state index in [1.165, 1.54) is 4.90 Å². The van der Waals surface area contributed by atoms with Gasteiger partial charge in [-0.2, -0.15) is 0 Å². The summed E-state index contributed by atoms with van der Waals surface area (Å²) in [6.45, 7) is 5.03. The molecule has 0 radical (unpaired) electrons. The summed E-state index contributed by atoms with van der Waals surface area (Å²) in [5.41, 5.74) is 2.26. The Morgan fingerprint density at radius 2 is 1.96 bits per heavy atom. The molecule has 0 bridgehead atoms. The Bertz CT molecular complexity index is 588. The molecule has 126 valence electrons. The van der Waals surface area contributed by atoms with Crippen molar-refractivity contribution in [3.63, 3.8) is 0 Å². The summed E-state index contributed by atoms with van der Waals surface area (Å²) in [5, 5.41) is 2.81. The van der Waals surface area contributed by atoms with Gasteiger partial charge in [-0.25, -0.2) is 4.79 Å². The Kier molecular flexibility index (Phi) is 5.13. The summed E-state index contributed by atoms with van der Waals surface area (Å²) in [6, 6.07) is 7.41. The van der Waals surface area contributed by atoms with Crippen LogP contribution in [0.3, 0.4) is 0 Å². The smallest absolute Gasteiger partial charge is 0.318 e. The Labute approximate surface area is 138 Å². The molecule has 2 rings (SSSR count). The van der Waals surface area contributed by atoms with Crippen LogP contribution >= 0.6 is 0 Å². The predicted molar refractivity (Wildman–Crippen MR) is 91.4 cm³/mol. The normalized spacial score (nSPS) is 18.7. The van der Waals surface area contributed by atoms with Gasteiger partial charge < -0.3 is 20.0 Å². The Hall–Kier alpha value is -2.24. The van der Waals surface area contributed by atoms with Gasteiger partial charge in [0.25, 0.3) is 0 Å². The van der Waals surface area contributed by atoms with Gasteiger partial charge in [-0.3, -0.25) is 4.79 Å². The van der Waals surface area contributed by atoms with Crippen LogP contribution in [0.2, 0.25) is 0 Å². The first-order valence-corrected chi connectivity index (χ1v) is 7.88. The predicted octanol–water partition coefficient (Wildman–Crippen LogP) is 1.51. The summed E-state index contributed by atoms with van der Waals surface area (Å²) in [7, 11) is 5.41. The maximum atomic E-state index is 12.6. The molecule has 0 aromatic heterocycles. The minimum Gasteiger partial charge on any atom is -0.372 e. The molecule has 3 amide bonds. The number of fused-ring (bicyclic) bond motifs is 1. The Morgan fingerprint density at radius 1 is 1.30 bits per heavy atom. The first-order chi connectivity index (χ1) is 10.8. The Morgan fingerprint density at radius 3 is 2.61 bits per heavy atom. The van der Waals surface area contributed by atoms with Crippen molar-refractivity contribution in [3.8, 4) is 0 Å². The molecule has 1 heterocycles. The highest BCUT2D eigenvalue weighted by Crippen LogP contribution is 2.25. The molecule has 0 unspecified atom stereocenters. The molecule has 0 saturated carbocycles. The van der Waals surface area contributed by atoms with E-state index in [0.29, 0.717) is 6.54 Å². The number of urea groups is 1. The monoisotopic (exact) mass is 318 g/mol. The second kappa shape index (κ2) is 6.89. The molecule has 0 saturated heterocycles. The molecule has 1 aliphatic heterocycles. The fourth-order valence-electron chi connectivity index (χ4n) is 2.94. The number of hydrogen-bond donors (Lipinski definition) is 1. The minimum absolute atomic E-state index is 0.0501. The molecule has 0 fully saturated rings. The van der Waals surface area contributed by atoms with Crippen molar-refractivity contribution in [1.29, 1.82) is 0 Å². The summed E-state index contributed by atoms with van der Waals surface area (Å²) in [5.74, 6) is -0.113. The summed E-state index contributed by atoms with van der Waals surface area (Å²) in [6.07, 6.45) is 0. The first-order valence-electron chi connectivity index (χ1n) is 7.88. The van der Waals surface area contributed by atoms with Crippen LogP contribution in [0.15, 0.2) is 24.3 Å². The second-order valence-electron chi connectivity index (χ2n) is 6.39. The van der Waals surface area contributed by atoms with Gasteiger partial charge in [0.2, 0.25) is 5.91 Å². The molecule has 1 aromatic carbocycles. The molecule has 6 heteroatoms. The standard InChI is InChI=1S/C17H26N4O2/c1-12-10-20(5)15-9-7-6-8-14(15)11-21(12)17(23)18-13(2)16(22)19(3)4/h6-9,12-13H,10-11H2,1-5H3,(H,18,23)/t12-,13-/m0/s1. The van der Waals surface area contributed by atoms with E-state index in [9.17, 15) is 9.59 Å². The van der Waals surface area contributed by atoms with Gasteiger partial charge in [-0.1, -0.05) is 18.2 Å². The van der Waals surface area contributed by atoms with Gasteiger partial charge in [0.15, 0.2) is 0 Å². The van der Waals surface area contributed by atoms with E-state index in [4.69, 9.17) is 0 Å². The quantitative estimate of drug-likeness (QED) is 0.899. The number of amides is 3. The molecule has 1 N–H and O–H groups in total. The zero-order chi connectivity index (χ0) is 17.1. The van der Waals surface area contributed by atoms with Crippen LogP contribution in [0.4, 0.5) is 10.5 Å². The number of para-hydroxylation sites is 1. The van der Waals surface area contributed by atoms with E-state index in [-0.39, 0.29) is 18.0 Å². The van der Waals surface area contributed by atoms with Crippen LogP contribution in [0.25, 0.3) is 0 Å². The summed E-state index contributed by atoms with van der Waals surface area (Å²) >= 11 is 0. The highest BCUT2D eigenvalue weighted by atomic mass is 16.2. The average molecular weight is 318 g/mol. The van der Waals surface area contributed by atoms with Crippen molar-refractivity contribution in [2.45, 2.75) is 32.5 Å². The molecule has 0 aliphatic carbocycles. The third-order valence-electron chi connectivity index (χ3n) is 4.23. The number of benzene rings is 1. The number of hydrogen-bond acceptors (Lipinski definition) is 3. The van der Waals surface area contributed by atoms with E-state index in [1.807, 2.05) is 32.2 Å². The molecule has 2 atom stereocenters. The van der Waals surface area contributed by atoms with Gasteiger partial charge in [-0.05, 0) is 25.5 Å². The van der Waals surface area contributed by atoms with E-state index < -0.39 is 6.04 Å². The lowest BCUT2D eigenvalue weighted by Crippen LogP contribution is -2.52. The number of rotatable bonds is 2. The van der Waals surface area contributed by atoms with E-state index in [0.717, 1.165) is 17.8 Å². The van der Waals surface area contributed by atoms with E-state index >= 15 is 0 Å². The lowest BCUT2D eigenvalue weighted by Gasteiger charge is -2.30. The van der Waals surface area contributed by atoms with Crippen molar-refractivity contribution in [2.24, 2.45) is 0 Å². The van der Waals surface area contributed by atoms with E-state index in [2.05, 4.69) is 16.3 Å². The SMILES string of the molecule is C[C@H](NC(=O)N1Cc2ccccc2N(C)C[C@@H]1C)C(=O)N(C)C. The molecule has 1 aliphatic rings. The van der Waals surface area contributed by atoms with Crippen LogP contribution in [0.5, 0.6) is 0 Å². The third-order valence-corrected chi connectivity index (χ3v) is 4.23. The highest BCUT2D eigenvalue weighted by molar-refractivity contribution is 5.86. The van der Waals surface area contributed by atoms with Gasteiger partial charge in [-0.15, -0.1) is 0 Å². The maximum absolute atomic E-state index is 12.6. The zero-order valence-corrected chi connectivity index (χ0v) is 14.5. The van der Waals surface area contributed by atoms with Gasteiger partial charge in [0, 0.05) is 46.0 Å². The third kappa shape index (κ3) is 3.75. The summed E-state index contributed by atoms with van der Waals surface area (Å²) < 4.78 is 0. The summed E-state index contributed by atoms with van der Waals surface area (Å²) in [4.78, 5) is 30.0. The lowest BCUT2D eigenvalue weighted by atomic mass is 10.1.